The third kappa shape index (κ3) is 3.96. The molecule has 0 bridgehead atoms. The Morgan fingerprint density at radius 2 is 1.70 bits per heavy atom. The molecule has 2 heterocycles. The third-order valence-electron chi connectivity index (χ3n) is 5.70. The maximum Gasteiger partial charge on any atom is 0.287 e. The van der Waals surface area contributed by atoms with Crippen LogP contribution in [0.4, 0.5) is 0 Å². The highest BCUT2D eigenvalue weighted by Gasteiger charge is 2.47. The smallest absolute Gasteiger partial charge is 0.282 e. The Morgan fingerprint density at radius 3 is 2.37 bits per heavy atom. The first-order valence-electron chi connectivity index (χ1n) is 10.1. The Balaban J connectivity index is 1.26. The van der Waals surface area contributed by atoms with Crippen molar-refractivity contribution in [3.63, 3.8) is 0 Å². The minimum atomic E-state index is -0.544. The van der Waals surface area contributed by atoms with Gasteiger partial charge in [-0.05, 0) is 18.9 Å². The fourth-order valence-electron chi connectivity index (χ4n) is 4.12. The fraction of sp³-hybridized carbons (Fsp3) is 0.381. The van der Waals surface area contributed by atoms with Crippen molar-refractivity contribution >= 4 is 23.6 Å². The zero-order valence-corrected chi connectivity index (χ0v) is 16.4. The largest absolute Gasteiger partial charge is 0.287 e. The zero-order valence-electron chi connectivity index (χ0n) is 16.4. The number of hydrazine groups is 1. The topological polar surface area (TPSA) is 124 Å². The molecule has 1 aliphatic carbocycles. The van der Waals surface area contributed by atoms with E-state index in [1.807, 2.05) is 30.3 Å². The summed E-state index contributed by atoms with van der Waals surface area (Å²) in [5.74, 6) is -1.83. The number of fused-ring (bicyclic) bond motifs is 1. The molecule has 9 nitrogen and oxygen atoms in total. The fourth-order valence-corrected chi connectivity index (χ4v) is 4.12. The number of hydrogen-bond donors (Lipinski definition) is 3. The molecule has 9 heteroatoms. The highest BCUT2D eigenvalue weighted by Crippen LogP contribution is 2.37. The summed E-state index contributed by atoms with van der Waals surface area (Å²) in [7, 11) is 0. The molecular weight excluding hydrogens is 386 g/mol. The van der Waals surface area contributed by atoms with Crippen LogP contribution in [0.3, 0.4) is 0 Å². The van der Waals surface area contributed by atoms with Crippen LogP contribution in [-0.4, -0.2) is 45.3 Å². The molecule has 2 fully saturated rings. The van der Waals surface area contributed by atoms with E-state index >= 15 is 0 Å². The summed E-state index contributed by atoms with van der Waals surface area (Å²) in [5, 5.41) is 6.73. The van der Waals surface area contributed by atoms with E-state index in [2.05, 4.69) is 21.0 Å². The molecule has 1 aromatic heterocycles. The number of aromatic nitrogens is 2. The van der Waals surface area contributed by atoms with Gasteiger partial charge in [-0.1, -0.05) is 43.2 Å². The molecule has 1 aliphatic heterocycles. The van der Waals surface area contributed by atoms with Gasteiger partial charge < -0.3 is 0 Å². The summed E-state index contributed by atoms with van der Waals surface area (Å²) >= 11 is 0. The van der Waals surface area contributed by atoms with Gasteiger partial charge in [-0.15, -0.1) is 0 Å². The molecule has 1 saturated heterocycles. The molecule has 156 valence electrons. The lowest BCUT2D eigenvalue weighted by atomic mass is 9.81. The lowest BCUT2D eigenvalue weighted by Gasteiger charge is -2.19. The van der Waals surface area contributed by atoms with Crippen LogP contribution in [0.2, 0.25) is 0 Å². The van der Waals surface area contributed by atoms with Crippen LogP contribution in [0.15, 0.2) is 36.4 Å². The van der Waals surface area contributed by atoms with Gasteiger partial charge in [0.05, 0.1) is 17.5 Å². The molecule has 1 aromatic carbocycles. The summed E-state index contributed by atoms with van der Waals surface area (Å²) in [4.78, 5) is 50.4. The average Bonchev–Trinajstić information content (AvgIpc) is 3.36. The van der Waals surface area contributed by atoms with E-state index in [1.54, 1.807) is 6.07 Å². The van der Waals surface area contributed by atoms with Gasteiger partial charge in [0.15, 0.2) is 0 Å². The van der Waals surface area contributed by atoms with Gasteiger partial charge in [-0.2, -0.15) is 5.10 Å². The van der Waals surface area contributed by atoms with E-state index in [0.717, 1.165) is 31.2 Å². The molecule has 1 saturated carbocycles. The van der Waals surface area contributed by atoms with Gasteiger partial charge in [0.25, 0.3) is 5.91 Å². The van der Waals surface area contributed by atoms with Gasteiger partial charge in [0.2, 0.25) is 17.7 Å². The average molecular weight is 409 g/mol. The highest BCUT2D eigenvalue weighted by atomic mass is 16.2. The van der Waals surface area contributed by atoms with Crippen LogP contribution in [-0.2, 0) is 14.4 Å². The zero-order chi connectivity index (χ0) is 21.1. The molecule has 4 rings (SSSR count). The molecule has 3 N–H and O–H groups in total. The van der Waals surface area contributed by atoms with Crippen LogP contribution >= 0.6 is 0 Å². The summed E-state index contributed by atoms with van der Waals surface area (Å²) in [6.45, 7) is 0.0224. The number of likely N-dealkylation sites (tertiary alicyclic amines) is 1. The summed E-state index contributed by atoms with van der Waals surface area (Å²) in [6.07, 6.45) is 3.32. The lowest BCUT2D eigenvalue weighted by Crippen LogP contribution is -2.43. The van der Waals surface area contributed by atoms with Crippen LogP contribution in [0, 0.1) is 11.8 Å². The Hall–Kier alpha value is -3.49. The third-order valence-corrected chi connectivity index (χ3v) is 5.70. The first-order valence-corrected chi connectivity index (χ1v) is 10.1. The van der Waals surface area contributed by atoms with Crippen molar-refractivity contribution in [3.8, 4) is 11.3 Å². The van der Waals surface area contributed by atoms with E-state index in [9.17, 15) is 19.2 Å². The Labute approximate surface area is 173 Å². The van der Waals surface area contributed by atoms with Gasteiger partial charge in [0, 0.05) is 18.5 Å². The van der Waals surface area contributed by atoms with E-state index in [0.29, 0.717) is 5.69 Å². The van der Waals surface area contributed by atoms with E-state index in [1.165, 1.54) is 4.90 Å². The lowest BCUT2D eigenvalue weighted by molar-refractivity contribution is -0.140. The molecule has 30 heavy (non-hydrogen) atoms. The van der Waals surface area contributed by atoms with E-state index in [-0.39, 0.29) is 42.3 Å². The summed E-state index contributed by atoms with van der Waals surface area (Å²) in [5.41, 5.74) is 6.29. The Morgan fingerprint density at radius 1 is 1.03 bits per heavy atom. The molecular formula is C21H23N5O4. The number of carbonyl (C=O) groups is 4. The number of hydrogen-bond acceptors (Lipinski definition) is 5. The molecule has 2 atom stereocenters. The Kier molecular flexibility index (Phi) is 5.60. The maximum atomic E-state index is 12.4. The van der Waals surface area contributed by atoms with Crippen molar-refractivity contribution in [1.82, 2.24) is 25.9 Å². The van der Waals surface area contributed by atoms with Crippen LogP contribution < -0.4 is 10.9 Å². The molecule has 0 unspecified atom stereocenters. The minimum Gasteiger partial charge on any atom is -0.282 e. The van der Waals surface area contributed by atoms with Crippen LogP contribution in [0.5, 0.6) is 0 Å². The molecule has 0 spiro atoms. The van der Waals surface area contributed by atoms with Crippen LogP contribution in [0.1, 0.15) is 42.6 Å². The van der Waals surface area contributed by atoms with E-state index in [4.69, 9.17) is 0 Å². The predicted molar refractivity (Wildman–Crippen MR) is 106 cm³/mol. The normalized spacial score (nSPS) is 20.7. The second-order valence-corrected chi connectivity index (χ2v) is 7.61. The van der Waals surface area contributed by atoms with Crippen molar-refractivity contribution in [3.05, 3.63) is 42.1 Å². The van der Waals surface area contributed by atoms with Gasteiger partial charge in [-0.25, -0.2) is 0 Å². The van der Waals surface area contributed by atoms with Gasteiger partial charge >= 0.3 is 0 Å². The standard InChI is InChI=1S/C21H23N5O4/c27-18(10-11-26-20(29)14-8-4-5-9-15(14)21(26)30)24-25-19(28)17-12-16(22-23-17)13-6-2-1-3-7-13/h1-3,6-7,12,14-15H,4-5,8-11H2,(H,22,23)(H,24,27)(H,25,28)/t14-,15-/m0/s1. The van der Waals surface area contributed by atoms with Crippen molar-refractivity contribution in [1.29, 1.82) is 0 Å². The number of amides is 4. The number of imide groups is 1. The number of nitrogens with zero attached hydrogens (tertiary/aromatic N) is 2. The maximum absolute atomic E-state index is 12.4. The molecule has 0 radical (unpaired) electrons. The number of aromatic amines is 1. The molecule has 4 amide bonds. The van der Waals surface area contributed by atoms with Crippen molar-refractivity contribution in [2.75, 3.05) is 6.54 Å². The molecule has 2 aromatic rings. The SMILES string of the molecule is O=C(CCN1C(=O)[C@H]2CCCC[C@@H]2C1=O)NNC(=O)c1cc(-c2ccccc2)n[nH]1. The number of H-pyrrole nitrogens is 1. The monoisotopic (exact) mass is 409 g/mol. The predicted octanol–water partition coefficient (Wildman–Crippen LogP) is 1.40. The van der Waals surface area contributed by atoms with Gasteiger partial charge in [0.1, 0.15) is 5.69 Å². The molecule has 2 aliphatic rings. The summed E-state index contributed by atoms with van der Waals surface area (Å²) < 4.78 is 0. The van der Waals surface area contributed by atoms with E-state index < -0.39 is 11.8 Å². The van der Waals surface area contributed by atoms with Crippen molar-refractivity contribution in [2.45, 2.75) is 32.1 Å². The number of benzene rings is 1. The second kappa shape index (κ2) is 8.48. The number of rotatable bonds is 5. The first-order chi connectivity index (χ1) is 14.5. The van der Waals surface area contributed by atoms with Crippen LogP contribution in [0.25, 0.3) is 11.3 Å². The minimum absolute atomic E-state index is 0.0224. The van der Waals surface area contributed by atoms with Crippen molar-refractivity contribution < 1.29 is 19.2 Å². The Bertz CT molecular complexity index is 947. The first kappa shape index (κ1) is 19.8. The highest BCUT2D eigenvalue weighted by molar-refractivity contribution is 6.05. The number of nitrogens with one attached hydrogen (secondary N) is 3. The summed E-state index contributed by atoms with van der Waals surface area (Å²) in [6, 6.07) is 11.0. The van der Waals surface area contributed by atoms with Gasteiger partial charge in [-0.3, -0.25) is 40.0 Å². The van der Waals surface area contributed by atoms with Crippen molar-refractivity contribution in [2.24, 2.45) is 11.8 Å². The quantitative estimate of drug-likeness (QED) is 0.509. The second-order valence-electron chi connectivity index (χ2n) is 7.61. The number of carbonyl (C=O) groups excluding carboxylic acids is 4.